The molecule has 1 amide bonds. The summed E-state index contributed by atoms with van der Waals surface area (Å²) in [4.78, 5) is 12.3. The molecule has 0 aliphatic heterocycles. The summed E-state index contributed by atoms with van der Waals surface area (Å²) in [6.45, 7) is 4.10. The van der Waals surface area contributed by atoms with E-state index in [0.29, 0.717) is 5.69 Å². The van der Waals surface area contributed by atoms with Crippen LogP contribution in [0.5, 0.6) is 0 Å². The highest BCUT2D eigenvalue weighted by atomic mass is 79.9. The predicted octanol–water partition coefficient (Wildman–Crippen LogP) is 3.91. The molecule has 1 heterocycles. The van der Waals surface area contributed by atoms with Crippen LogP contribution in [0, 0.1) is 6.92 Å². The van der Waals surface area contributed by atoms with Gasteiger partial charge in [-0.2, -0.15) is 0 Å². The summed E-state index contributed by atoms with van der Waals surface area (Å²) >= 11 is 3.38. The molecular weight excluding hydrogens is 304 g/mol. The minimum atomic E-state index is -0.0859. The normalized spacial score (nSPS) is 10.5. The third-order valence-corrected chi connectivity index (χ3v) is 3.62. The van der Waals surface area contributed by atoms with Gasteiger partial charge in [-0.05, 0) is 46.5 Å². The third kappa shape index (κ3) is 2.89. The van der Waals surface area contributed by atoms with Gasteiger partial charge in [-0.25, -0.2) is 0 Å². The van der Waals surface area contributed by atoms with Gasteiger partial charge in [0.1, 0.15) is 5.69 Å². The Hall–Kier alpha value is -1.55. The Kier molecular flexibility index (Phi) is 4.10. The van der Waals surface area contributed by atoms with E-state index < -0.39 is 0 Å². The molecule has 4 heteroatoms. The number of aryl methyl sites for hydroxylation is 3. The van der Waals surface area contributed by atoms with Crippen LogP contribution in [0.15, 0.2) is 34.9 Å². The second kappa shape index (κ2) is 5.61. The zero-order valence-electron chi connectivity index (χ0n) is 11.3. The fourth-order valence-corrected chi connectivity index (χ4v) is 2.65. The minimum Gasteiger partial charge on any atom is -0.345 e. The SMILES string of the molecule is CCc1cccc(C)c1NC(=O)c1cc(Br)cn1C. The molecule has 0 fully saturated rings. The van der Waals surface area contributed by atoms with Crippen LogP contribution in [0.2, 0.25) is 0 Å². The molecule has 0 radical (unpaired) electrons. The van der Waals surface area contributed by atoms with Gasteiger partial charge in [-0.3, -0.25) is 4.79 Å². The van der Waals surface area contributed by atoms with Crippen LogP contribution in [0.4, 0.5) is 5.69 Å². The first-order valence-corrected chi connectivity index (χ1v) is 7.04. The first kappa shape index (κ1) is 13.9. The van der Waals surface area contributed by atoms with E-state index in [-0.39, 0.29) is 5.91 Å². The van der Waals surface area contributed by atoms with Gasteiger partial charge < -0.3 is 9.88 Å². The summed E-state index contributed by atoms with van der Waals surface area (Å²) in [5.74, 6) is -0.0859. The molecule has 0 aliphatic carbocycles. The number of hydrogen-bond acceptors (Lipinski definition) is 1. The summed E-state index contributed by atoms with van der Waals surface area (Å²) in [5.41, 5.74) is 3.80. The third-order valence-electron chi connectivity index (χ3n) is 3.18. The lowest BCUT2D eigenvalue weighted by Gasteiger charge is -2.13. The van der Waals surface area contributed by atoms with Crippen molar-refractivity contribution >= 4 is 27.5 Å². The number of nitrogens with zero attached hydrogens (tertiary/aromatic N) is 1. The van der Waals surface area contributed by atoms with Crippen molar-refractivity contribution in [2.45, 2.75) is 20.3 Å². The van der Waals surface area contributed by atoms with Crippen LogP contribution >= 0.6 is 15.9 Å². The smallest absolute Gasteiger partial charge is 0.272 e. The fraction of sp³-hybridized carbons (Fsp3) is 0.267. The zero-order chi connectivity index (χ0) is 14.0. The molecule has 1 aromatic heterocycles. The van der Waals surface area contributed by atoms with Crippen LogP contribution in [-0.2, 0) is 13.5 Å². The molecule has 3 nitrogen and oxygen atoms in total. The van der Waals surface area contributed by atoms with Crippen molar-refractivity contribution in [1.29, 1.82) is 0 Å². The van der Waals surface area contributed by atoms with E-state index in [4.69, 9.17) is 0 Å². The fourth-order valence-electron chi connectivity index (χ4n) is 2.13. The van der Waals surface area contributed by atoms with E-state index in [2.05, 4.69) is 28.2 Å². The number of carbonyl (C=O) groups excluding carboxylic acids is 1. The largest absolute Gasteiger partial charge is 0.345 e. The number of hydrogen-bond donors (Lipinski definition) is 1. The molecular formula is C15H17BrN2O. The van der Waals surface area contributed by atoms with Crippen molar-refractivity contribution < 1.29 is 4.79 Å². The van der Waals surface area contributed by atoms with Gasteiger partial charge in [0.2, 0.25) is 0 Å². The number of nitrogens with one attached hydrogen (secondary N) is 1. The van der Waals surface area contributed by atoms with Gasteiger partial charge in [0.05, 0.1) is 0 Å². The molecule has 100 valence electrons. The number of rotatable bonds is 3. The summed E-state index contributed by atoms with van der Waals surface area (Å²) in [6, 6.07) is 7.89. The molecule has 0 bridgehead atoms. The minimum absolute atomic E-state index is 0.0859. The first-order chi connectivity index (χ1) is 9.02. The second-order valence-electron chi connectivity index (χ2n) is 4.57. The summed E-state index contributed by atoms with van der Waals surface area (Å²) in [5, 5.41) is 3.02. The van der Waals surface area contributed by atoms with Gasteiger partial charge in [0, 0.05) is 23.4 Å². The van der Waals surface area contributed by atoms with Crippen molar-refractivity contribution in [2.24, 2.45) is 7.05 Å². The van der Waals surface area contributed by atoms with Crippen molar-refractivity contribution in [2.75, 3.05) is 5.32 Å². The number of amides is 1. The van der Waals surface area contributed by atoms with Crippen LogP contribution in [0.25, 0.3) is 0 Å². The van der Waals surface area contributed by atoms with Crippen LogP contribution in [0.3, 0.4) is 0 Å². The maximum atomic E-state index is 12.3. The molecule has 1 N–H and O–H groups in total. The van der Waals surface area contributed by atoms with Gasteiger partial charge in [-0.1, -0.05) is 25.1 Å². The standard InChI is InChI=1S/C15H17BrN2O/c1-4-11-7-5-6-10(2)14(11)17-15(19)13-8-12(16)9-18(13)3/h5-9H,4H2,1-3H3,(H,17,19). The van der Waals surface area contributed by atoms with Crippen LogP contribution < -0.4 is 5.32 Å². The molecule has 0 unspecified atom stereocenters. The van der Waals surface area contributed by atoms with Crippen molar-refractivity contribution in [3.8, 4) is 0 Å². The van der Waals surface area contributed by atoms with E-state index in [0.717, 1.165) is 27.7 Å². The van der Waals surface area contributed by atoms with Crippen molar-refractivity contribution in [3.63, 3.8) is 0 Å². The number of anilines is 1. The van der Waals surface area contributed by atoms with Crippen LogP contribution in [-0.4, -0.2) is 10.5 Å². The highest BCUT2D eigenvalue weighted by molar-refractivity contribution is 9.10. The number of halogens is 1. The maximum Gasteiger partial charge on any atom is 0.272 e. The van der Waals surface area contributed by atoms with E-state index in [9.17, 15) is 4.79 Å². The van der Waals surface area contributed by atoms with Gasteiger partial charge in [0.25, 0.3) is 5.91 Å². The summed E-state index contributed by atoms with van der Waals surface area (Å²) in [6.07, 6.45) is 2.77. The summed E-state index contributed by atoms with van der Waals surface area (Å²) < 4.78 is 2.71. The molecule has 0 aliphatic rings. The van der Waals surface area contributed by atoms with E-state index in [1.165, 1.54) is 0 Å². The highest BCUT2D eigenvalue weighted by Crippen LogP contribution is 2.22. The summed E-state index contributed by atoms with van der Waals surface area (Å²) in [7, 11) is 1.86. The molecule has 0 saturated heterocycles. The molecule has 0 atom stereocenters. The lowest BCUT2D eigenvalue weighted by atomic mass is 10.1. The average Bonchev–Trinajstić information content (AvgIpc) is 2.71. The monoisotopic (exact) mass is 320 g/mol. The molecule has 19 heavy (non-hydrogen) atoms. The number of benzene rings is 1. The second-order valence-corrected chi connectivity index (χ2v) is 5.49. The maximum absolute atomic E-state index is 12.3. The van der Waals surface area contributed by atoms with Crippen molar-refractivity contribution in [3.05, 3.63) is 51.8 Å². The number of para-hydroxylation sites is 1. The number of aromatic nitrogens is 1. The van der Waals surface area contributed by atoms with E-state index >= 15 is 0 Å². The van der Waals surface area contributed by atoms with Gasteiger partial charge in [-0.15, -0.1) is 0 Å². The molecule has 2 aromatic rings. The highest BCUT2D eigenvalue weighted by Gasteiger charge is 2.13. The molecule has 1 aromatic carbocycles. The quantitative estimate of drug-likeness (QED) is 0.914. The molecule has 2 rings (SSSR count). The molecule has 0 saturated carbocycles. The Morgan fingerprint density at radius 3 is 2.74 bits per heavy atom. The Morgan fingerprint density at radius 1 is 1.42 bits per heavy atom. The van der Waals surface area contributed by atoms with Crippen molar-refractivity contribution in [1.82, 2.24) is 4.57 Å². The lowest BCUT2D eigenvalue weighted by Crippen LogP contribution is -2.17. The van der Waals surface area contributed by atoms with Gasteiger partial charge in [0.15, 0.2) is 0 Å². The number of carbonyl (C=O) groups is 1. The topological polar surface area (TPSA) is 34.0 Å². The Labute approximate surface area is 121 Å². The van der Waals surface area contributed by atoms with E-state index in [1.807, 2.05) is 49.0 Å². The Morgan fingerprint density at radius 2 is 2.16 bits per heavy atom. The van der Waals surface area contributed by atoms with Crippen LogP contribution in [0.1, 0.15) is 28.5 Å². The predicted molar refractivity (Wildman–Crippen MR) is 81.6 cm³/mol. The Balaban J connectivity index is 2.31. The average molecular weight is 321 g/mol. The Bertz CT molecular complexity index is 617. The van der Waals surface area contributed by atoms with Gasteiger partial charge >= 0.3 is 0 Å². The van der Waals surface area contributed by atoms with E-state index in [1.54, 1.807) is 0 Å². The first-order valence-electron chi connectivity index (χ1n) is 6.24. The zero-order valence-corrected chi connectivity index (χ0v) is 12.9. The lowest BCUT2D eigenvalue weighted by molar-refractivity contribution is 0.101. The molecule has 0 spiro atoms.